The minimum absolute atomic E-state index is 0.0759. The Morgan fingerprint density at radius 1 is 1.15 bits per heavy atom. The van der Waals surface area contributed by atoms with Crippen LogP contribution in [-0.2, 0) is 4.79 Å². The molecule has 4 saturated heterocycles. The molecule has 4 heterocycles. The van der Waals surface area contributed by atoms with E-state index in [0.717, 1.165) is 38.1 Å². The van der Waals surface area contributed by atoms with Crippen molar-refractivity contribution in [2.24, 2.45) is 5.92 Å². The fourth-order valence-corrected chi connectivity index (χ4v) is 4.35. The van der Waals surface area contributed by atoms with Gasteiger partial charge >= 0.3 is 0 Å². The number of hydrogen-bond donors (Lipinski definition) is 1. The Hall–Kier alpha value is -0.610. The summed E-state index contributed by atoms with van der Waals surface area (Å²) >= 11 is 0. The molecular weight excluding hydrogens is 250 g/mol. The third kappa shape index (κ3) is 2.48. The largest absolute Gasteiger partial charge is 0.321 e. The van der Waals surface area contributed by atoms with Gasteiger partial charge in [-0.2, -0.15) is 0 Å². The number of carbonyl (C=O) groups excluding carboxylic acids is 1. The van der Waals surface area contributed by atoms with E-state index in [0.29, 0.717) is 11.9 Å². The summed E-state index contributed by atoms with van der Waals surface area (Å²) in [4.78, 5) is 17.6. The quantitative estimate of drug-likeness (QED) is 0.833. The van der Waals surface area contributed by atoms with Crippen LogP contribution in [-0.4, -0.2) is 53.6 Å². The van der Waals surface area contributed by atoms with Gasteiger partial charge in [0.15, 0.2) is 0 Å². The molecule has 114 valence electrons. The van der Waals surface area contributed by atoms with Crippen LogP contribution in [0.5, 0.6) is 0 Å². The van der Waals surface area contributed by atoms with Gasteiger partial charge in [0.2, 0.25) is 5.91 Å². The predicted octanol–water partition coefficient (Wildman–Crippen LogP) is 1.81. The monoisotopic (exact) mass is 279 g/mol. The lowest BCUT2D eigenvalue weighted by molar-refractivity contribution is -0.136. The normalized spacial score (nSPS) is 40.6. The number of hydrogen-bond acceptors (Lipinski definition) is 3. The molecule has 4 aliphatic rings. The molecule has 0 aromatic carbocycles. The van der Waals surface area contributed by atoms with E-state index < -0.39 is 0 Å². The van der Waals surface area contributed by atoms with Gasteiger partial charge in [0.25, 0.3) is 0 Å². The van der Waals surface area contributed by atoms with Gasteiger partial charge in [-0.1, -0.05) is 26.7 Å². The molecule has 0 aromatic heterocycles. The Morgan fingerprint density at radius 3 is 2.40 bits per heavy atom. The van der Waals surface area contributed by atoms with E-state index in [9.17, 15) is 4.79 Å². The zero-order valence-corrected chi connectivity index (χ0v) is 13.0. The third-order valence-electron chi connectivity index (χ3n) is 5.40. The fraction of sp³-hybridized carbons (Fsp3) is 0.938. The molecule has 0 aromatic rings. The molecule has 4 rings (SSSR count). The van der Waals surface area contributed by atoms with Crippen molar-refractivity contribution in [3.8, 4) is 0 Å². The zero-order chi connectivity index (χ0) is 14.1. The first-order valence-corrected chi connectivity index (χ1v) is 8.55. The van der Waals surface area contributed by atoms with Gasteiger partial charge in [-0.05, 0) is 44.7 Å². The summed E-state index contributed by atoms with van der Waals surface area (Å²) in [7, 11) is 0. The molecular formula is C16H29N3O. The fourth-order valence-electron chi connectivity index (χ4n) is 4.35. The number of amides is 1. The SMILES string of the molecule is CCCC1NC(CCC)N(C2CN3CCC2CC3)C1=O. The van der Waals surface area contributed by atoms with Crippen molar-refractivity contribution in [2.45, 2.75) is 70.6 Å². The van der Waals surface area contributed by atoms with Gasteiger partial charge in [-0.3, -0.25) is 10.1 Å². The predicted molar refractivity (Wildman–Crippen MR) is 80.3 cm³/mol. The van der Waals surface area contributed by atoms with E-state index >= 15 is 0 Å². The van der Waals surface area contributed by atoms with Crippen molar-refractivity contribution in [1.82, 2.24) is 15.1 Å². The van der Waals surface area contributed by atoms with Crippen LogP contribution in [0.4, 0.5) is 0 Å². The first kappa shape index (κ1) is 14.3. The molecule has 4 heteroatoms. The van der Waals surface area contributed by atoms with Crippen LogP contribution in [0.15, 0.2) is 0 Å². The highest BCUT2D eigenvalue weighted by atomic mass is 16.2. The highest BCUT2D eigenvalue weighted by Gasteiger charge is 2.46. The average Bonchev–Trinajstić information content (AvgIpc) is 2.77. The minimum atomic E-state index is 0.0759. The summed E-state index contributed by atoms with van der Waals surface area (Å²) in [6, 6.07) is 0.544. The standard InChI is InChI=1S/C16H29N3O/c1-3-5-13-16(20)19(15(17-13)6-4-2)14-11-18-9-7-12(14)8-10-18/h12-15,17H,3-11H2,1-2H3. The number of piperidine rings is 3. The van der Waals surface area contributed by atoms with Crippen LogP contribution in [0.1, 0.15) is 52.4 Å². The molecule has 20 heavy (non-hydrogen) atoms. The lowest BCUT2D eigenvalue weighted by Gasteiger charge is -2.49. The molecule has 0 radical (unpaired) electrons. The Morgan fingerprint density at radius 2 is 1.85 bits per heavy atom. The maximum atomic E-state index is 12.8. The molecule has 4 aliphatic heterocycles. The summed E-state index contributed by atoms with van der Waals surface area (Å²) in [6.45, 7) is 7.98. The average molecular weight is 279 g/mol. The lowest BCUT2D eigenvalue weighted by atomic mass is 9.83. The van der Waals surface area contributed by atoms with Crippen molar-refractivity contribution < 1.29 is 4.79 Å². The van der Waals surface area contributed by atoms with Crippen LogP contribution in [0.3, 0.4) is 0 Å². The third-order valence-corrected chi connectivity index (χ3v) is 5.40. The smallest absolute Gasteiger partial charge is 0.241 e. The number of fused-ring (bicyclic) bond motifs is 3. The van der Waals surface area contributed by atoms with E-state index in [1.807, 2.05) is 0 Å². The van der Waals surface area contributed by atoms with Crippen LogP contribution in [0, 0.1) is 5.92 Å². The molecule has 0 spiro atoms. The van der Waals surface area contributed by atoms with Crippen molar-refractivity contribution in [3.63, 3.8) is 0 Å². The molecule has 0 aliphatic carbocycles. The maximum Gasteiger partial charge on any atom is 0.241 e. The van der Waals surface area contributed by atoms with Gasteiger partial charge in [-0.15, -0.1) is 0 Å². The van der Waals surface area contributed by atoms with E-state index in [2.05, 4.69) is 29.0 Å². The molecule has 1 amide bonds. The highest BCUT2D eigenvalue weighted by molar-refractivity contribution is 5.84. The van der Waals surface area contributed by atoms with Crippen LogP contribution in [0.2, 0.25) is 0 Å². The van der Waals surface area contributed by atoms with Crippen LogP contribution < -0.4 is 5.32 Å². The van der Waals surface area contributed by atoms with E-state index in [1.54, 1.807) is 0 Å². The molecule has 0 saturated carbocycles. The summed E-state index contributed by atoms with van der Waals surface area (Å²) < 4.78 is 0. The number of nitrogens with one attached hydrogen (secondary N) is 1. The summed E-state index contributed by atoms with van der Waals surface area (Å²) in [6.07, 6.45) is 7.15. The molecule has 2 bridgehead atoms. The van der Waals surface area contributed by atoms with Gasteiger partial charge in [0, 0.05) is 12.6 Å². The summed E-state index contributed by atoms with van der Waals surface area (Å²) in [5, 5.41) is 3.61. The lowest BCUT2D eigenvalue weighted by Crippen LogP contribution is -2.60. The number of nitrogens with zero attached hydrogens (tertiary/aromatic N) is 2. The van der Waals surface area contributed by atoms with Gasteiger partial charge in [0.1, 0.15) is 0 Å². The van der Waals surface area contributed by atoms with Crippen molar-refractivity contribution in [3.05, 3.63) is 0 Å². The number of rotatable bonds is 5. The first-order chi connectivity index (χ1) is 9.74. The topological polar surface area (TPSA) is 35.6 Å². The summed E-state index contributed by atoms with van der Waals surface area (Å²) in [5.41, 5.74) is 0. The molecule has 4 nitrogen and oxygen atoms in total. The Bertz CT molecular complexity index is 352. The zero-order valence-electron chi connectivity index (χ0n) is 13.0. The van der Waals surface area contributed by atoms with E-state index in [-0.39, 0.29) is 12.2 Å². The molecule has 4 fully saturated rings. The molecule has 3 atom stereocenters. The van der Waals surface area contributed by atoms with Crippen molar-refractivity contribution in [2.75, 3.05) is 19.6 Å². The second kappa shape index (κ2) is 6.02. The van der Waals surface area contributed by atoms with Crippen molar-refractivity contribution in [1.29, 1.82) is 0 Å². The van der Waals surface area contributed by atoms with Crippen molar-refractivity contribution >= 4 is 5.91 Å². The Balaban J connectivity index is 1.76. The van der Waals surface area contributed by atoms with Gasteiger partial charge in [-0.25, -0.2) is 0 Å². The number of carbonyl (C=O) groups is 1. The van der Waals surface area contributed by atoms with E-state index in [1.165, 1.54) is 25.9 Å². The Kier molecular flexibility index (Phi) is 4.32. The first-order valence-electron chi connectivity index (χ1n) is 8.55. The second-order valence-electron chi connectivity index (χ2n) is 6.76. The highest BCUT2D eigenvalue weighted by Crippen LogP contribution is 2.34. The summed E-state index contributed by atoms with van der Waals surface area (Å²) in [5.74, 6) is 1.12. The van der Waals surface area contributed by atoms with E-state index in [4.69, 9.17) is 0 Å². The molecule has 1 N–H and O–H groups in total. The molecule has 3 unspecified atom stereocenters. The maximum absolute atomic E-state index is 12.8. The van der Waals surface area contributed by atoms with Gasteiger partial charge in [0.05, 0.1) is 12.2 Å². The minimum Gasteiger partial charge on any atom is -0.321 e. The Labute approximate surface area is 122 Å². The second-order valence-corrected chi connectivity index (χ2v) is 6.76. The van der Waals surface area contributed by atoms with Crippen LogP contribution >= 0.6 is 0 Å². The van der Waals surface area contributed by atoms with Gasteiger partial charge < -0.3 is 9.80 Å². The van der Waals surface area contributed by atoms with Crippen LogP contribution in [0.25, 0.3) is 0 Å².